The molecule has 0 amide bonds. The number of unbranched alkanes of at least 4 members (excludes halogenated alkanes) is 2. The maximum atomic E-state index is 12.8. The predicted molar refractivity (Wildman–Crippen MR) is 108 cm³/mol. The Morgan fingerprint density at radius 2 is 1.97 bits per heavy atom. The number of aromatic nitrogens is 3. The SMILES string of the molecule is O=C1c2cc(C=CCCCCP(=O)(O)O)ccc2-n2c1nc1ncccc1c2=O. The van der Waals surface area contributed by atoms with E-state index in [1.165, 1.54) is 10.8 Å². The summed E-state index contributed by atoms with van der Waals surface area (Å²) in [5, 5.41) is 0.358. The number of benzene rings is 1. The standard InChI is InChI=1S/C20H18N3O5P/c24-17-15-12-13(6-3-1-2-4-11-29(26,27)28)8-9-16(15)23-19(17)22-18-14(20(23)25)7-5-10-21-18/h3,5-10,12H,1-2,4,11H2,(H2,26,27,28). The lowest BCUT2D eigenvalue weighted by Crippen LogP contribution is -2.21. The van der Waals surface area contributed by atoms with Crippen molar-refractivity contribution in [2.75, 3.05) is 6.16 Å². The first kappa shape index (κ1) is 19.4. The molecule has 0 unspecified atom stereocenters. The van der Waals surface area contributed by atoms with Crippen LogP contribution in [0.5, 0.6) is 0 Å². The van der Waals surface area contributed by atoms with Crippen LogP contribution in [0.3, 0.4) is 0 Å². The van der Waals surface area contributed by atoms with Gasteiger partial charge in [-0.2, -0.15) is 0 Å². The number of rotatable bonds is 6. The van der Waals surface area contributed by atoms with Gasteiger partial charge in [-0.15, -0.1) is 0 Å². The van der Waals surface area contributed by atoms with Crippen LogP contribution < -0.4 is 5.56 Å². The first-order valence-electron chi connectivity index (χ1n) is 9.13. The highest BCUT2D eigenvalue weighted by Crippen LogP contribution is 2.35. The van der Waals surface area contributed by atoms with Gasteiger partial charge in [-0.3, -0.25) is 18.7 Å². The summed E-state index contributed by atoms with van der Waals surface area (Å²) >= 11 is 0. The number of pyridine rings is 1. The molecule has 3 heterocycles. The topological polar surface area (TPSA) is 122 Å². The van der Waals surface area contributed by atoms with Crippen LogP contribution in [-0.2, 0) is 4.57 Å². The number of allylic oxidation sites excluding steroid dienone is 1. The monoisotopic (exact) mass is 411 g/mol. The summed E-state index contributed by atoms with van der Waals surface area (Å²) in [6.07, 6.45) is 6.94. The minimum Gasteiger partial charge on any atom is -0.324 e. The van der Waals surface area contributed by atoms with Crippen molar-refractivity contribution in [3.63, 3.8) is 0 Å². The molecule has 29 heavy (non-hydrogen) atoms. The number of hydrogen-bond acceptors (Lipinski definition) is 5. The van der Waals surface area contributed by atoms with E-state index < -0.39 is 7.60 Å². The second kappa shape index (κ2) is 7.48. The van der Waals surface area contributed by atoms with E-state index in [-0.39, 0.29) is 29.0 Å². The highest BCUT2D eigenvalue weighted by atomic mass is 31.2. The number of carbonyl (C=O) groups is 1. The Balaban J connectivity index is 1.57. The molecule has 0 atom stereocenters. The summed E-state index contributed by atoms with van der Waals surface area (Å²) in [6.45, 7) is 0. The van der Waals surface area contributed by atoms with Crippen molar-refractivity contribution in [3.8, 4) is 5.69 Å². The summed E-state index contributed by atoms with van der Waals surface area (Å²) in [6, 6.07) is 8.55. The minimum atomic E-state index is -3.94. The average Bonchev–Trinajstić information content (AvgIpc) is 2.96. The van der Waals surface area contributed by atoms with Gasteiger partial charge < -0.3 is 9.79 Å². The van der Waals surface area contributed by atoms with E-state index in [0.717, 1.165) is 5.56 Å². The van der Waals surface area contributed by atoms with Crippen LogP contribution >= 0.6 is 7.60 Å². The average molecular weight is 411 g/mol. The summed E-state index contributed by atoms with van der Waals surface area (Å²) < 4.78 is 12.2. The molecular weight excluding hydrogens is 393 g/mol. The molecule has 3 aromatic rings. The maximum Gasteiger partial charge on any atom is 0.325 e. The lowest BCUT2D eigenvalue weighted by atomic mass is 10.1. The molecule has 0 saturated carbocycles. The van der Waals surface area contributed by atoms with Gasteiger partial charge in [-0.1, -0.05) is 18.2 Å². The molecule has 148 valence electrons. The second-order valence-electron chi connectivity index (χ2n) is 6.84. The largest absolute Gasteiger partial charge is 0.325 e. The van der Waals surface area contributed by atoms with Gasteiger partial charge in [-0.25, -0.2) is 9.97 Å². The fraction of sp³-hybridized carbons (Fsp3) is 0.200. The zero-order chi connectivity index (χ0) is 20.6. The zero-order valence-electron chi connectivity index (χ0n) is 15.4. The molecule has 1 aromatic carbocycles. The van der Waals surface area contributed by atoms with Gasteiger partial charge in [0.1, 0.15) is 0 Å². The molecule has 2 N–H and O–H groups in total. The lowest BCUT2D eigenvalue weighted by molar-refractivity contribution is 0.103. The van der Waals surface area contributed by atoms with Crippen molar-refractivity contribution < 1.29 is 19.1 Å². The molecule has 1 aliphatic heterocycles. The van der Waals surface area contributed by atoms with Crippen LogP contribution in [-0.4, -0.2) is 36.3 Å². The maximum absolute atomic E-state index is 12.8. The summed E-state index contributed by atoms with van der Waals surface area (Å²) in [5.41, 5.74) is 1.65. The highest BCUT2D eigenvalue weighted by molar-refractivity contribution is 7.51. The lowest BCUT2D eigenvalue weighted by Gasteiger charge is -2.05. The molecule has 0 aliphatic carbocycles. The molecule has 0 saturated heterocycles. The second-order valence-corrected chi connectivity index (χ2v) is 8.62. The predicted octanol–water partition coefficient (Wildman–Crippen LogP) is 2.69. The van der Waals surface area contributed by atoms with Crippen LogP contribution in [0.1, 0.15) is 41.0 Å². The van der Waals surface area contributed by atoms with Gasteiger partial charge in [0.15, 0.2) is 11.5 Å². The van der Waals surface area contributed by atoms with Gasteiger partial charge in [0.2, 0.25) is 5.78 Å². The van der Waals surface area contributed by atoms with E-state index in [2.05, 4.69) is 9.97 Å². The molecule has 9 heteroatoms. The van der Waals surface area contributed by atoms with E-state index in [1.807, 2.05) is 18.2 Å². The fourth-order valence-electron chi connectivity index (χ4n) is 3.35. The van der Waals surface area contributed by atoms with Gasteiger partial charge in [0, 0.05) is 12.4 Å². The Morgan fingerprint density at radius 3 is 2.76 bits per heavy atom. The van der Waals surface area contributed by atoms with Crippen molar-refractivity contribution in [3.05, 3.63) is 69.9 Å². The molecule has 8 nitrogen and oxygen atoms in total. The molecule has 0 fully saturated rings. The smallest absolute Gasteiger partial charge is 0.324 e. The number of fused-ring (bicyclic) bond motifs is 4. The first-order chi connectivity index (χ1) is 13.8. The van der Waals surface area contributed by atoms with Crippen LogP contribution in [0.2, 0.25) is 0 Å². The quantitative estimate of drug-likeness (QED) is 0.369. The van der Waals surface area contributed by atoms with Crippen molar-refractivity contribution in [2.24, 2.45) is 0 Å². The van der Waals surface area contributed by atoms with Crippen LogP contribution in [0, 0.1) is 0 Å². The normalized spacial score (nSPS) is 13.2. The summed E-state index contributed by atoms with van der Waals surface area (Å²) in [4.78, 5) is 51.7. The van der Waals surface area contributed by atoms with E-state index in [9.17, 15) is 14.2 Å². The van der Waals surface area contributed by atoms with Crippen molar-refractivity contribution in [1.82, 2.24) is 14.5 Å². The molecule has 4 rings (SSSR count). The number of hydrogen-bond donors (Lipinski definition) is 2. The van der Waals surface area contributed by atoms with Gasteiger partial charge >= 0.3 is 7.60 Å². The van der Waals surface area contributed by atoms with E-state index in [1.54, 1.807) is 24.3 Å². The third kappa shape index (κ3) is 3.82. The Bertz CT molecular complexity index is 1260. The fourth-order valence-corrected chi connectivity index (χ4v) is 3.99. The first-order valence-corrected chi connectivity index (χ1v) is 10.9. The third-order valence-corrected chi connectivity index (χ3v) is 5.63. The zero-order valence-corrected chi connectivity index (χ0v) is 16.2. The van der Waals surface area contributed by atoms with E-state index >= 15 is 0 Å². The van der Waals surface area contributed by atoms with Gasteiger partial charge in [0.25, 0.3) is 5.56 Å². The Morgan fingerprint density at radius 1 is 1.14 bits per heavy atom. The van der Waals surface area contributed by atoms with Crippen LogP contribution in [0.4, 0.5) is 0 Å². The van der Waals surface area contributed by atoms with Crippen molar-refractivity contribution in [2.45, 2.75) is 19.3 Å². The van der Waals surface area contributed by atoms with Gasteiger partial charge in [-0.05, 0) is 49.1 Å². The van der Waals surface area contributed by atoms with E-state index in [4.69, 9.17) is 9.79 Å². The molecule has 0 radical (unpaired) electrons. The van der Waals surface area contributed by atoms with Crippen molar-refractivity contribution in [1.29, 1.82) is 0 Å². The van der Waals surface area contributed by atoms with Gasteiger partial charge in [0.05, 0.1) is 16.6 Å². The Hall–Kier alpha value is -2.93. The molecule has 0 spiro atoms. The highest BCUT2D eigenvalue weighted by Gasteiger charge is 2.30. The molecule has 1 aliphatic rings. The summed E-state index contributed by atoms with van der Waals surface area (Å²) in [7, 11) is -3.94. The van der Waals surface area contributed by atoms with Crippen LogP contribution in [0.25, 0.3) is 22.8 Å². The summed E-state index contributed by atoms with van der Waals surface area (Å²) in [5.74, 6) is -0.253. The molecular formula is C20H18N3O5P. The molecule has 0 bridgehead atoms. The number of ketones is 1. The number of carbonyl (C=O) groups excluding carboxylic acids is 1. The Labute approximate surface area is 165 Å². The molecule has 2 aromatic heterocycles. The minimum absolute atomic E-state index is 0.0646. The van der Waals surface area contributed by atoms with E-state index in [0.29, 0.717) is 35.9 Å². The Kier molecular flexibility index (Phi) is 5.00. The van der Waals surface area contributed by atoms with Crippen LogP contribution in [0.15, 0.2) is 47.4 Å². The van der Waals surface area contributed by atoms with Crippen molar-refractivity contribution >= 4 is 30.5 Å². The number of nitrogens with zero attached hydrogens (tertiary/aromatic N) is 3. The third-order valence-electron chi connectivity index (χ3n) is 4.73.